The topological polar surface area (TPSA) is 77.8 Å². The minimum Gasteiger partial charge on any atom is -0.383 e. The number of pyridine rings is 2. The molecule has 0 aliphatic rings. The molecule has 88 valence electrons. The lowest BCUT2D eigenvalue weighted by Crippen LogP contribution is -2.16. The summed E-state index contributed by atoms with van der Waals surface area (Å²) in [4.78, 5) is 7.65. The molecule has 0 fully saturated rings. The third-order valence-electron chi connectivity index (χ3n) is 2.57. The average Bonchev–Trinajstić information content (AvgIpc) is 2.32. The molecular weight excluding hydrogens is 219 g/mol. The van der Waals surface area contributed by atoms with E-state index in [0.717, 1.165) is 11.8 Å². The molecule has 4 N–H and O–H groups in total. The molecule has 2 heterocycles. The highest BCUT2D eigenvalue weighted by atomic mass is 19.1. The third-order valence-corrected chi connectivity index (χ3v) is 2.57. The number of halogens is 1. The second-order valence-electron chi connectivity index (χ2n) is 3.76. The number of nitrogen functional groups attached to an aromatic ring is 1. The Balaban J connectivity index is 2.20. The molecule has 0 aliphatic carbocycles. The van der Waals surface area contributed by atoms with Gasteiger partial charge in [0, 0.05) is 24.0 Å². The molecule has 0 amide bonds. The molecule has 1 atom stereocenters. The van der Waals surface area contributed by atoms with Gasteiger partial charge in [0.1, 0.15) is 11.6 Å². The van der Waals surface area contributed by atoms with Gasteiger partial charge in [-0.1, -0.05) is 6.07 Å². The number of hydrogen-bond donors (Lipinski definition) is 2. The van der Waals surface area contributed by atoms with Gasteiger partial charge in [-0.3, -0.25) is 4.98 Å². The Morgan fingerprint density at radius 3 is 2.82 bits per heavy atom. The van der Waals surface area contributed by atoms with Gasteiger partial charge in [-0.15, -0.1) is 0 Å². The maximum atomic E-state index is 13.5. The number of nitrogens with two attached hydrogens (primary N) is 2. The van der Waals surface area contributed by atoms with Crippen molar-refractivity contribution in [2.24, 2.45) is 5.73 Å². The number of rotatable bonds is 3. The van der Waals surface area contributed by atoms with Crippen LogP contribution in [0.3, 0.4) is 0 Å². The molecule has 0 radical (unpaired) electrons. The summed E-state index contributed by atoms with van der Waals surface area (Å²) in [5.41, 5.74) is 12.9. The fraction of sp³-hybridized carbons (Fsp3) is 0.167. The summed E-state index contributed by atoms with van der Waals surface area (Å²) in [6.45, 7) is 0. The Hall–Kier alpha value is -2.01. The quantitative estimate of drug-likeness (QED) is 0.839. The summed E-state index contributed by atoms with van der Waals surface area (Å²) >= 11 is 0. The van der Waals surface area contributed by atoms with Crippen LogP contribution >= 0.6 is 0 Å². The standard InChI is InChI=1S/C12H13FN4/c13-10-7-16-5-3-9(10)11(14)6-8-2-1-4-17-12(8)15/h1-5,7,11H,6,14H2,(H2,15,17). The van der Waals surface area contributed by atoms with Gasteiger partial charge in [0.05, 0.1) is 6.20 Å². The number of nitrogens with zero attached hydrogens (tertiary/aromatic N) is 2. The zero-order valence-corrected chi connectivity index (χ0v) is 9.18. The van der Waals surface area contributed by atoms with E-state index in [-0.39, 0.29) is 0 Å². The number of aromatic nitrogens is 2. The van der Waals surface area contributed by atoms with Crippen LogP contribution in [-0.4, -0.2) is 9.97 Å². The van der Waals surface area contributed by atoms with Gasteiger partial charge in [0.25, 0.3) is 0 Å². The molecule has 0 aliphatic heterocycles. The number of hydrogen-bond acceptors (Lipinski definition) is 4. The highest BCUT2D eigenvalue weighted by Crippen LogP contribution is 2.20. The van der Waals surface area contributed by atoms with E-state index in [9.17, 15) is 4.39 Å². The predicted octanol–water partition coefficient (Wildman–Crippen LogP) is 1.44. The first-order valence-corrected chi connectivity index (χ1v) is 5.23. The SMILES string of the molecule is Nc1ncccc1CC(N)c1ccncc1F. The van der Waals surface area contributed by atoms with E-state index in [2.05, 4.69) is 9.97 Å². The van der Waals surface area contributed by atoms with E-state index in [1.54, 1.807) is 18.3 Å². The van der Waals surface area contributed by atoms with Crippen LogP contribution in [-0.2, 0) is 6.42 Å². The van der Waals surface area contributed by atoms with Crippen molar-refractivity contribution in [1.29, 1.82) is 0 Å². The summed E-state index contributed by atoms with van der Waals surface area (Å²) in [5, 5.41) is 0. The molecule has 17 heavy (non-hydrogen) atoms. The van der Waals surface area contributed by atoms with Gasteiger partial charge in [0.15, 0.2) is 0 Å². The van der Waals surface area contributed by atoms with Crippen molar-refractivity contribution in [2.75, 3.05) is 5.73 Å². The van der Waals surface area contributed by atoms with Crippen molar-refractivity contribution >= 4 is 5.82 Å². The Kier molecular flexibility index (Phi) is 3.30. The van der Waals surface area contributed by atoms with E-state index in [1.807, 2.05) is 6.07 Å². The van der Waals surface area contributed by atoms with E-state index in [4.69, 9.17) is 11.5 Å². The van der Waals surface area contributed by atoms with Crippen molar-refractivity contribution < 1.29 is 4.39 Å². The van der Waals surface area contributed by atoms with Crippen LogP contribution in [0.4, 0.5) is 10.2 Å². The van der Waals surface area contributed by atoms with Gasteiger partial charge >= 0.3 is 0 Å². The smallest absolute Gasteiger partial charge is 0.146 e. The summed E-state index contributed by atoms with van der Waals surface area (Å²) in [5.74, 6) is 0.0277. The van der Waals surface area contributed by atoms with Gasteiger partial charge in [-0.2, -0.15) is 0 Å². The Morgan fingerprint density at radius 1 is 1.29 bits per heavy atom. The van der Waals surface area contributed by atoms with Crippen LogP contribution in [0.2, 0.25) is 0 Å². The first-order chi connectivity index (χ1) is 8.18. The molecule has 1 unspecified atom stereocenters. The predicted molar refractivity (Wildman–Crippen MR) is 63.5 cm³/mol. The summed E-state index contributed by atoms with van der Waals surface area (Å²) < 4.78 is 13.5. The molecule has 2 aromatic heterocycles. The highest BCUT2D eigenvalue weighted by molar-refractivity contribution is 5.39. The largest absolute Gasteiger partial charge is 0.383 e. The molecular formula is C12H13FN4. The summed E-state index contributed by atoms with van der Waals surface area (Å²) in [6.07, 6.45) is 4.73. The van der Waals surface area contributed by atoms with Crippen LogP contribution in [0.25, 0.3) is 0 Å². The van der Waals surface area contributed by atoms with Crippen molar-refractivity contribution in [2.45, 2.75) is 12.5 Å². The van der Waals surface area contributed by atoms with Crippen LogP contribution in [0.5, 0.6) is 0 Å². The first kappa shape index (κ1) is 11.5. The molecule has 0 saturated heterocycles. The van der Waals surface area contributed by atoms with Gasteiger partial charge in [0.2, 0.25) is 0 Å². The Labute approximate surface area is 98.5 Å². The van der Waals surface area contributed by atoms with E-state index < -0.39 is 11.9 Å². The molecule has 0 bridgehead atoms. The van der Waals surface area contributed by atoms with Crippen LogP contribution in [0.1, 0.15) is 17.2 Å². The normalized spacial score (nSPS) is 12.4. The van der Waals surface area contributed by atoms with E-state index in [1.165, 1.54) is 6.20 Å². The highest BCUT2D eigenvalue weighted by Gasteiger charge is 2.13. The van der Waals surface area contributed by atoms with Crippen LogP contribution in [0.15, 0.2) is 36.8 Å². The summed E-state index contributed by atoms with van der Waals surface area (Å²) in [7, 11) is 0. The fourth-order valence-electron chi connectivity index (χ4n) is 1.66. The zero-order chi connectivity index (χ0) is 12.3. The van der Waals surface area contributed by atoms with Crippen LogP contribution < -0.4 is 11.5 Å². The van der Waals surface area contributed by atoms with E-state index >= 15 is 0 Å². The minimum absolute atomic E-state index is 0.400. The molecule has 0 spiro atoms. The van der Waals surface area contributed by atoms with Crippen molar-refractivity contribution in [3.63, 3.8) is 0 Å². The molecule has 5 heteroatoms. The monoisotopic (exact) mass is 232 g/mol. The second kappa shape index (κ2) is 4.88. The Morgan fingerprint density at radius 2 is 2.12 bits per heavy atom. The van der Waals surface area contributed by atoms with Crippen molar-refractivity contribution in [1.82, 2.24) is 9.97 Å². The Bertz CT molecular complexity index is 515. The maximum Gasteiger partial charge on any atom is 0.146 e. The number of anilines is 1. The van der Waals surface area contributed by atoms with Gasteiger partial charge in [-0.05, 0) is 24.1 Å². The lowest BCUT2D eigenvalue weighted by atomic mass is 10.0. The lowest BCUT2D eigenvalue weighted by Gasteiger charge is -2.13. The van der Waals surface area contributed by atoms with Crippen LogP contribution in [0, 0.1) is 5.82 Å². The average molecular weight is 232 g/mol. The van der Waals surface area contributed by atoms with Gasteiger partial charge < -0.3 is 11.5 Å². The second-order valence-corrected chi connectivity index (χ2v) is 3.76. The zero-order valence-electron chi connectivity index (χ0n) is 9.18. The molecule has 4 nitrogen and oxygen atoms in total. The molecule has 0 aromatic carbocycles. The van der Waals surface area contributed by atoms with Gasteiger partial charge in [-0.25, -0.2) is 9.37 Å². The minimum atomic E-state index is -0.454. The third kappa shape index (κ3) is 2.57. The van der Waals surface area contributed by atoms with E-state index in [0.29, 0.717) is 17.8 Å². The molecule has 0 saturated carbocycles. The first-order valence-electron chi connectivity index (χ1n) is 5.23. The maximum absolute atomic E-state index is 13.5. The lowest BCUT2D eigenvalue weighted by molar-refractivity contribution is 0.574. The van der Waals surface area contributed by atoms with Crippen molar-refractivity contribution in [3.05, 3.63) is 53.7 Å². The van der Waals surface area contributed by atoms with Crippen molar-refractivity contribution in [3.8, 4) is 0 Å². The molecule has 2 aromatic rings. The fourth-order valence-corrected chi connectivity index (χ4v) is 1.66. The molecule has 2 rings (SSSR count). The summed E-state index contributed by atoms with van der Waals surface area (Å²) in [6, 6.07) is 4.74.